The van der Waals surface area contributed by atoms with E-state index in [-0.39, 0.29) is 11.5 Å². The largest absolute Gasteiger partial charge is 0.378 e. The first-order valence-corrected chi connectivity index (χ1v) is 11.3. The minimum atomic E-state index is -3.20. The summed E-state index contributed by atoms with van der Waals surface area (Å²) < 4.78 is 30.2. The molecular formula is C20H24N4O3S. The number of H-pyrrole nitrogens is 1. The third kappa shape index (κ3) is 4.18. The SMILES string of the molecule is CCCS(=O)(=O)Cc1cc(N2CCOCC2)nc(-c2ccc3[nH]ccc3c2)n1. The number of aromatic amines is 1. The van der Waals surface area contributed by atoms with Gasteiger partial charge in [0.2, 0.25) is 0 Å². The number of rotatable bonds is 6. The topological polar surface area (TPSA) is 88.2 Å². The number of nitrogens with one attached hydrogen (secondary N) is 1. The van der Waals surface area contributed by atoms with Crippen molar-refractivity contribution in [2.75, 3.05) is 37.0 Å². The van der Waals surface area contributed by atoms with Crippen LogP contribution in [0, 0.1) is 0 Å². The zero-order valence-corrected chi connectivity index (χ0v) is 16.7. The van der Waals surface area contributed by atoms with Gasteiger partial charge in [-0.2, -0.15) is 0 Å². The molecule has 2 aromatic heterocycles. The van der Waals surface area contributed by atoms with Crippen LogP contribution in [0.1, 0.15) is 19.0 Å². The summed E-state index contributed by atoms with van der Waals surface area (Å²) in [6, 6.07) is 9.77. The van der Waals surface area contributed by atoms with Crippen molar-refractivity contribution in [1.29, 1.82) is 0 Å². The van der Waals surface area contributed by atoms with Crippen LogP contribution in [0.2, 0.25) is 0 Å². The van der Waals surface area contributed by atoms with Crippen molar-refractivity contribution >= 4 is 26.6 Å². The lowest BCUT2D eigenvalue weighted by Crippen LogP contribution is -2.37. The van der Waals surface area contributed by atoms with Gasteiger partial charge in [0.05, 0.1) is 30.4 Å². The van der Waals surface area contributed by atoms with Gasteiger partial charge in [-0.05, 0) is 30.7 Å². The Balaban J connectivity index is 1.76. The van der Waals surface area contributed by atoms with Gasteiger partial charge < -0.3 is 14.6 Å². The molecule has 3 aromatic rings. The van der Waals surface area contributed by atoms with Crippen molar-refractivity contribution in [2.24, 2.45) is 0 Å². The molecule has 3 heterocycles. The van der Waals surface area contributed by atoms with Crippen LogP contribution in [0.3, 0.4) is 0 Å². The minimum Gasteiger partial charge on any atom is -0.378 e. The Morgan fingerprint density at radius 1 is 1.14 bits per heavy atom. The second-order valence-electron chi connectivity index (χ2n) is 7.01. The molecule has 1 aliphatic rings. The van der Waals surface area contributed by atoms with Crippen LogP contribution in [-0.4, -0.2) is 55.4 Å². The van der Waals surface area contributed by atoms with Gasteiger partial charge in [-0.3, -0.25) is 0 Å². The van der Waals surface area contributed by atoms with Gasteiger partial charge in [-0.25, -0.2) is 18.4 Å². The van der Waals surface area contributed by atoms with Gasteiger partial charge in [-0.1, -0.05) is 6.92 Å². The highest BCUT2D eigenvalue weighted by atomic mass is 32.2. The fraction of sp³-hybridized carbons (Fsp3) is 0.400. The molecule has 1 fully saturated rings. The first-order chi connectivity index (χ1) is 13.5. The lowest BCUT2D eigenvalue weighted by molar-refractivity contribution is 0.122. The summed E-state index contributed by atoms with van der Waals surface area (Å²) in [7, 11) is -3.20. The lowest BCUT2D eigenvalue weighted by Gasteiger charge is -2.28. The number of anilines is 1. The number of aromatic nitrogens is 3. The van der Waals surface area contributed by atoms with E-state index in [1.165, 1.54) is 0 Å². The van der Waals surface area contributed by atoms with Crippen LogP contribution >= 0.6 is 0 Å². The Hall–Kier alpha value is -2.45. The second-order valence-corrected chi connectivity index (χ2v) is 9.20. The Kier molecular flexibility index (Phi) is 5.32. The van der Waals surface area contributed by atoms with E-state index in [9.17, 15) is 8.42 Å². The van der Waals surface area contributed by atoms with E-state index in [1.54, 1.807) is 6.07 Å². The fourth-order valence-electron chi connectivity index (χ4n) is 3.44. The summed E-state index contributed by atoms with van der Waals surface area (Å²) in [5.74, 6) is 1.40. The number of ether oxygens (including phenoxy) is 1. The summed E-state index contributed by atoms with van der Waals surface area (Å²) in [4.78, 5) is 14.6. The predicted molar refractivity (Wildman–Crippen MR) is 110 cm³/mol. The molecule has 0 aliphatic carbocycles. The number of hydrogen-bond donors (Lipinski definition) is 1. The molecule has 28 heavy (non-hydrogen) atoms. The number of nitrogens with zero attached hydrogens (tertiary/aromatic N) is 3. The highest BCUT2D eigenvalue weighted by Gasteiger charge is 2.19. The molecule has 7 nitrogen and oxygen atoms in total. The van der Waals surface area contributed by atoms with Crippen LogP contribution in [0.4, 0.5) is 5.82 Å². The number of benzene rings is 1. The molecule has 0 unspecified atom stereocenters. The second kappa shape index (κ2) is 7.89. The molecule has 1 aliphatic heterocycles. The van der Waals surface area contributed by atoms with Crippen molar-refractivity contribution in [2.45, 2.75) is 19.1 Å². The van der Waals surface area contributed by atoms with E-state index in [2.05, 4.69) is 14.9 Å². The van der Waals surface area contributed by atoms with E-state index in [0.29, 0.717) is 31.2 Å². The van der Waals surface area contributed by atoms with Crippen molar-refractivity contribution in [3.05, 3.63) is 42.2 Å². The first-order valence-electron chi connectivity index (χ1n) is 9.53. The molecule has 148 valence electrons. The quantitative estimate of drug-likeness (QED) is 0.685. The molecule has 0 spiro atoms. The van der Waals surface area contributed by atoms with Gasteiger partial charge in [0.25, 0.3) is 0 Å². The average Bonchev–Trinajstić information content (AvgIpc) is 3.16. The normalized spacial score (nSPS) is 15.2. The molecular weight excluding hydrogens is 376 g/mol. The van der Waals surface area contributed by atoms with Crippen LogP contribution in [-0.2, 0) is 20.3 Å². The van der Waals surface area contributed by atoms with Gasteiger partial charge >= 0.3 is 0 Å². The summed E-state index contributed by atoms with van der Waals surface area (Å²) in [6.45, 7) is 4.60. The van der Waals surface area contributed by atoms with E-state index in [1.807, 2.05) is 37.4 Å². The Morgan fingerprint density at radius 3 is 2.75 bits per heavy atom. The molecule has 1 aromatic carbocycles. The zero-order chi connectivity index (χ0) is 19.6. The minimum absolute atomic E-state index is 0.0693. The summed E-state index contributed by atoms with van der Waals surface area (Å²) in [6.07, 6.45) is 2.49. The Bertz CT molecular complexity index is 1070. The van der Waals surface area contributed by atoms with E-state index in [4.69, 9.17) is 9.72 Å². The maximum absolute atomic E-state index is 12.4. The molecule has 0 saturated carbocycles. The molecule has 1 saturated heterocycles. The third-order valence-electron chi connectivity index (χ3n) is 4.80. The summed E-state index contributed by atoms with van der Waals surface area (Å²) in [5.41, 5.74) is 2.45. The maximum atomic E-state index is 12.4. The van der Waals surface area contributed by atoms with Crippen LogP contribution in [0.25, 0.3) is 22.3 Å². The monoisotopic (exact) mass is 400 g/mol. The summed E-state index contributed by atoms with van der Waals surface area (Å²) in [5, 5.41) is 1.07. The van der Waals surface area contributed by atoms with Crippen LogP contribution in [0.5, 0.6) is 0 Å². The van der Waals surface area contributed by atoms with Gasteiger partial charge in [0, 0.05) is 41.8 Å². The van der Waals surface area contributed by atoms with Crippen molar-refractivity contribution in [1.82, 2.24) is 15.0 Å². The first kappa shape index (κ1) is 18.9. The lowest BCUT2D eigenvalue weighted by atomic mass is 10.1. The van der Waals surface area contributed by atoms with E-state index in [0.717, 1.165) is 35.4 Å². The van der Waals surface area contributed by atoms with Crippen molar-refractivity contribution in [3.8, 4) is 11.4 Å². The van der Waals surface area contributed by atoms with Crippen molar-refractivity contribution in [3.63, 3.8) is 0 Å². The van der Waals surface area contributed by atoms with Crippen LogP contribution < -0.4 is 4.90 Å². The number of hydrogen-bond acceptors (Lipinski definition) is 6. The van der Waals surface area contributed by atoms with E-state index >= 15 is 0 Å². The van der Waals surface area contributed by atoms with E-state index < -0.39 is 9.84 Å². The van der Waals surface area contributed by atoms with Crippen LogP contribution in [0.15, 0.2) is 36.5 Å². The molecule has 1 N–H and O–H groups in total. The molecule has 4 rings (SSSR count). The smallest absolute Gasteiger partial charge is 0.161 e. The van der Waals surface area contributed by atoms with Gasteiger partial charge in [0.1, 0.15) is 5.82 Å². The zero-order valence-electron chi connectivity index (χ0n) is 15.9. The molecule has 0 radical (unpaired) electrons. The molecule has 0 atom stereocenters. The highest BCUT2D eigenvalue weighted by molar-refractivity contribution is 7.90. The average molecular weight is 401 g/mol. The number of fused-ring (bicyclic) bond motifs is 1. The fourth-order valence-corrected chi connectivity index (χ4v) is 4.81. The Morgan fingerprint density at radius 2 is 1.96 bits per heavy atom. The van der Waals surface area contributed by atoms with Gasteiger partial charge in [0.15, 0.2) is 15.7 Å². The molecule has 8 heteroatoms. The maximum Gasteiger partial charge on any atom is 0.161 e. The standard InChI is InChI=1S/C20H24N4O3S/c1-2-11-28(25,26)14-17-13-19(24-7-9-27-10-8-24)23-20(22-17)16-3-4-18-15(12-16)5-6-21-18/h3-6,12-13,21H,2,7-11,14H2,1H3. The molecule has 0 amide bonds. The number of sulfone groups is 1. The number of morpholine rings is 1. The molecule has 0 bridgehead atoms. The third-order valence-corrected chi connectivity index (χ3v) is 6.56. The summed E-state index contributed by atoms with van der Waals surface area (Å²) >= 11 is 0. The predicted octanol–water partition coefficient (Wildman–Crippen LogP) is 2.79. The Labute approximate surface area is 164 Å². The van der Waals surface area contributed by atoms with Gasteiger partial charge in [-0.15, -0.1) is 0 Å². The van der Waals surface area contributed by atoms with Crippen molar-refractivity contribution < 1.29 is 13.2 Å². The highest BCUT2D eigenvalue weighted by Crippen LogP contribution is 2.25.